The molecule has 2 fully saturated rings. The lowest BCUT2D eigenvalue weighted by atomic mass is 10.0. The van der Waals surface area contributed by atoms with Gasteiger partial charge in [0.2, 0.25) is 0 Å². The van der Waals surface area contributed by atoms with Crippen molar-refractivity contribution < 1.29 is 39.0 Å². The standard InChI is InChI=1S/C20H20N2O10/c23-15-9-29-19(11-3-1-5-13(7-11)21(25)26)30-10-16-17(24)18(15)32-20(31-16)12-4-2-6-14(8-12)22(27)28/h1-8,15-20,23-24H,9-10H2/t15-,16+,17-,18-,19?,20?/m0/s1. The Hall–Kier alpha value is -3.00. The van der Waals surface area contributed by atoms with Crippen molar-refractivity contribution in [3.05, 3.63) is 79.9 Å². The Balaban J connectivity index is 1.58. The van der Waals surface area contributed by atoms with Crippen molar-refractivity contribution in [1.82, 2.24) is 0 Å². The molecule has 2 aliphatic heterocycles. The van der Waals surface area contributed by atoms with Crippen LogP contribution in [0.15, 0.2) is 48.5 Å². The monoisotopic (exact) mass is 448 g/mol. The molecule has 2 aromatic carbocycles. The molecule has 0 amide bonds. The van der Waals surface area contributed by atoms with Crippen molar-refractivity contribution in [1.29, 1.82) is 0 Å². The van der Waals surface area contributed by atoms with Gasteiger partial charge in [-0.05, 0) is 0 Å². The van der Waals surface area contributed by atoms with E-state index in [4.69, 9.17) is 18.9 Å². The number of fused-ring (bicyclic) bond motifs is 2. The fourth-order valence-electron chi connectivity index (χ4n) is 3.59. The molecule has 0 spiro atoms. The molecule has 2 N–H and O–H groups in total. The average molecular weight is 448 g/mol. The second-order valence-corrected chi connectivity index (χ2v) is 7.37. The van der Waals surface area contributed by atoms with Crippen LogP contribution in [0.25, 0.3) is 0 Å². The summed E-state index contributed by atoms with van der Waals surface area (Å²) in [6.07, 6.45) is -6.80. The fourth-order valence-corrected chi connectivity index (χ4v) is 3.59. The zero-order chi connectivity index (χ0) is 22.8. The van der Waals surface area contributed by atoms with Gasteiger partial charge in [0.15, 0.2) is 12.6 Å². The van der Waals surface area contributed by atoms with Gasteiger partial charge in [0, 0.05) is 35.4 Å². The molecule has 0 aliphatic carbocycles. The van der Waals surface area contributed by atoms with Gasteiger partial charge >= 0.3 is 0 Å². The third-order valence-corrected chi connectivity index (χ3v) is 5.21. The van der Waals surface area contributed by atoms with Gasteiger partial charge in [0.1, 0.15) is 24.4 Å². The highest BCUT2D eigenvalue weighted by molar-refractivity contribution is 5.35. The van der Waals surface area contributed by atoms with Gasteiger partial charge in [-0.15, -0.1) is 0 Å². The van der Waals surface area contributed by atoms with E-state index in [0.29, 0.717) is 11.1 Å². The number of nitro benzene ring substituents is 2. The normalized spacial score (nSPS) is 30.6. The van der Waals surface area contributed by atoms with Crippen LogP contribution in [0.5, 0.6) is 0 Å². The quantitative estimate of drug-likeness (QED) is 0.520. The molecule has 6 atom stereocenters. The molecule has 4 rings (SSSR count). The highest BCUT2D eigenvalue weighted by Crippen LogP contribution is 2.35. The molecular weight excluding hydrogens is 428 g/mol. The van der Waals surface area contributed by atoms with Gasteiger partial charge in [0.05, 0.1) is 23.1 Å². The van der Waals surface area contributed by atoms with Crippen molar-refractivity contribution in [3.8, 4) is 0 Å². The van der Waals surface area contributed by atoms with Crippen molar-refractivity contribution >= 4 is 11.4 Å². The van der Waals surface area contributed by atoms with E-state index < -0.39 is 46.8 Å². The summed E-state index contributed by atoms with van der Waals surface area (Å²) in [5.74, 6) is 0. The maximum absolute atomic E-state index is 11.1. The molecule has 2 saturated heterocycles. The number of nitro groups is 2. The third-order valence-electron chi connectivity index (χ3n) is 5.21. The second-order valence-electron chi connectivity index (χ2n) is 7.37. The number of aliphatic hydroxyl groups excluding tert-OH is 2. The molecule has 32 heavy (non-hydrogen) atoms. The van der Waals surface area contributed by atoms with Crippen molar-refractivity contribution in [2.24, 2.45) is 0 Å². The largest absolute Gasteiger partial charge is 0.388 e. The van der Waals surface area contributed by atoms with E-state index in [2.05, 4.69) is 0 Å². The van der Waals surface area contributed by atoms with Gasteiger partial charge < -0.3 is 29.2 Å². The molecular formula is C20H20N2O10. The summed E-state index contributed by atoms with van der Waals surface area (Å²) in [6.45, 7) is -0.490. The Bertz CT molecular complexity index is 1000. The second kappa shape index (κ2) is 9.24. The van der Waals surface area contributed by atoms with E-state index in [9.17, 15) is 30.4 Å². The summed E-state index contributed by atoms with van der Waals surface area (Å²) in [7, 11) is 0. The van der Waals surface area contributed by atoms with E-state index >= 15 is 0 Å². The first-order valence-electron chi connectivity index (χ1n) is 9.72. The van der Waals surface area contributed by atoms with E-state index in [1.165, 1.54) is 36.4 Å². The molecule has 0 saturated carbocycles. The minimum atomic E-state index is -1.29. The summed E-state index contributed by atoms with van der Waals surface area (Å²) in [4.78, 5) is 21.0. The summed E-state index contributed by atoms with van der Waals surface area (Å²) < 4.78 is 22.8. The Kier molecular flexibility index (Phi) is 6.41. The zero-order valence-electron chi connectivity index (χ0n) is 16.6. The van der Waals surface area contributed by atoms with Gasteiger partial charge in [0.25, 0.3) is 11.4 Å². The van der Waals surface area contributed by atoms with E-state index in [1.54, 1.807) is 12.1 Å². The summed E-state index contributed by atoms with van der Waals surface area (Å²) >= 11 is 0. The lowest BCUT2D eigenvalue weighted by Gasteiger charge is -2.40. The maximum atomic E-state index is 11.1. The third kappa shape index (κ3) is 4.60. The molecule has 2 aliphatic rings. The van der Waals surface area contributed by atoms with Gasteiger partial charge in [-0.25, -0.2) is 0 Å². The number of non-ortho nitro benzene ring substituents is 2. The number of rotatable bonds is 4. The fraction of sp³-hybridized carbons (Fsp3) is 0.400. The first-order valence-corrected chi connectivity index (χ1v) is 9.72. The minimum Gasteiger partial charge on any atom is -0.388 e. The summed E-state index contributed by atoms with van der Waals surface area (Å²) in [6, 6.07) is 11.3. The van der Waals surface area contributed by atoms with E-state index in [0.717, 1.165) is 0 Å². The number of nitrogens with zero attached hydrogens (tertiary/aromatic N) is 2. The van der Waals surface area contributed by atoms with E-state index in [-0.39, 0.29) is 24.6 Å². The molecule has 0 aromatic heterocycles. The highest BCUT2D eigenvalue weighted by Gasteiger charge is 2.44. The van der Waals surface area contributed by atoms with Crippen LogP contribution in [0.4, 0.5) is 11.4 Å². The van der Waals surface area contributed by atoms with Gasteiger partial charge in [-0.2, -0.15) is 0 Å². The first kappa shape index (κ1) is 22.2. The molecule has 12 nitrogen and oxygen atoms in total. The average Bonchev–Trinajstić information content (AvgIpc) is 2.82. The Morgan fingerprint density at radius 1 is 0.812 bits per heavy atom. The Morgan fingerprint density at radius 2 is 1.38 bits per heavy atom. The lowest BCUT2D eigenvalue weighted by Crippen LogP contribution is -2.54. The Labute approximate surface area is 181 Å². The van der Waals surface area contributed by atoms with Crippen LogP contribution in [0, 0.1) is 20.2 Å². The molecule has 2 heterocycles. The van der Waals surface area contributed by atoms with Crippen LogP contribution in [-0.2, 0) is 18.9 Å². The van der Waals surface area contributed by atoms with Gasteiger partial charge in [-0.1, -0.05) is 24.3 Å². The van der Waals surface area contributed by atoms with Crippen LogP contribution in [0.2, 0.25) is 0 Å². The molecule has 12 heteroatoms. The molecule has 2 bridgehead atoms. The van der Waals surface area contributed by atoms with Crippen molar-refractivity contribution in [3.63, 3.8) is 0 Å². The number of hydrogen-bond donors (Lipinski definition) is 2. The summed E-state index contributed by atoms with van der Waals surface area (Å²) in [5.41, 5.74) is 0.375. The maximum Gasteiger partial charge on any atom is 0.269 e. The molecule has 2 aromatic rings. The first-order chi connectivity index (χ1) is 15.3. The van der Waals surface area contributed by atoms with E-state index in [1.807, 2.05) is 0 Å². The Morgan fingerprint density at radius 3 is 1.97 bits per heavy atom. The van der Waals surface area contributed by atoms with Crippen molar-refractivity contribution in [2.75, 3.05) is 13.2 Å². The number of ether oxygens (including phenoxy) is 4. The SMILES string of the molecule is O=[N+]([O-])c1cccc(C2OC[C@H](O)[C@@H]3OC(c4cccc([N+](=O)[O-])c4)O[C@H](CO2)[C@@H]3O)c1. The molecule has 170 valence electrons. The van der Waals surface area contributed by atoms with Crippen LogP contribution in [0.1, 0.15) is 23.7 Å². The minimum absolute atomic E-state index is 0.154. The lowest BCUT2D eigenvalue weighted by molar-refractivity contribution is -0.385. The predicted molar refractivity (Wildman–Crippen MR) is 105 cm³/mol. The highest BCUT2D eigenvalue weighted by atomic mass is 16.7. The van der Waals surface area contributed by atoms with Crippen LogP contribution < -0.4 is 0 Å². The van der Waals surface area contributed by atoms with Crippen LogP contribution >= 0.6 is 0 Å². The van der Waals surface area contributed by atoms with Crippen LogP contribution in [-0.4, -0.2) is 57.7 Å². The van der Waals surface area contributed by atoms with Crippen LogP contribution in [0.3, 0.4) is 0 Å². The number of benzene rings is 2. The molecule has 2 unspecified atom stereocenters. The topological polar surface area (TPSA) is 164 Å². The molecule has 0 radical (unpaired) electrons. The number of hydrogen-bond acceptors (Lipinski definition) is 10. The van der Waals surface area contributed by atoms with Crippen molar-refractivity contribution in [2.45, 2.75) is 37.0 Å². The summed E-state index contributed by atoms with van der Waals surface area (Å²) in [5, 5.41) is 43.4. The number of aliphatic hydroxyl groups is 2. The van der Waals surface area contributed by atoms with Gasteiger partial charge in [-0.3, -0.25) is 20.2 Å². The predicted octanol–water partition coefficient (Wildman–Crippen LogP) is 1.75. The smallest absolute Gasteiger partial charge is 0.269 e. The zero-order valence-corrected chi connectivity index (χ0v) is 16.6.